The Morgan fingerprint density at radius 2 is 1.85 bits per heavy atom. The monoisotopic (exact) mass is 382 g/mol. The van der Waals surface area contributed by atoms with Crippen molar-refractivity contribution in [1.29, 1.82) is 0 Å². The smallest absolute Gasteiger partial charge is 0.475 e. The summed E-state index contributed by atoms with van der Waals surface area (Å²) in [6, 6.07) is 3.59. The highest BCUT2D eigenvalue weighted by Crippen LogP contribution is 2.17. The Hall–Kier alpha value is -3.04. The molecule has 0 atom stereocenters. The van der Waals surface area contributed by atoms with Crippen LogP contribution in [-0.2, 0) is 17.6 Å². The summed E-state index contributed by atoms with van der Waals surface area (Å²) in [5.74, 6) is -2.72. The quantitative estimate of drug-likeness (QED) is 0.811. The first-order valence-corrected chi connectivity index (χ1v) is 7.99. The van der Waals surface area contributed by atoms with E-state index in [4.69, 9.17) is 9.90 Å². The van der Waals surface area contributed by atoms with Crippen LogP contribution in [0.1, 0.15) is 27.3 Å². The van der Waals surface area contributed by atoms with E-state index in [1.165, 1.54) is 5.56 Å². The molecule has 1 aliphatic rings. The van der Waals surface area contributed by atoms with Gasteiger partial charge in [-0.25, -0.2) is 14.8 Å². The number of carboxylic acid groups (broad SMARTS) is 1. The van der Waals surface area contributed by atoms with Crippen molar-refractivity contribution in [3.63, 3.8) is 0 Å². The Balaban J connectivity index is 0.000000321. The molecule has 0 fully saturated rings. The number of aryl methyl sites for hydroxylation is 1. The normalized spacial score (nSPS) is 13.7. The number of aliphatic carboxylic acids is 1. The van der Waals surface area contributed by atoms with E-state index in [-0.39, 0.29) is 5.91 Å². The second-order valence-electron chi connectivity index (χ2n) is 5.72. The van der Waals surface area contributed by atoms with Gasteiger partial charge in [-0.15, -0.1) is 0 Å². The van der Waals surface area contributed by atoms with Crippen molar-refractivity contribution in [2.75, 3.05) is 13.1 Å². The zero-order valence-corrected chi connectivity index (χ0v) is 14.4. The number of hydrogen-bond acceptors (Lipinski definition) is 5. The van der Waals surface area contributed by atoms with Gasteiger partial charge in [0.15, 0.2) is 0 Å². The Bertz CT molecular complexity index is 813. The standard InChI is InChI=1S/C15H16N4O.C2HF3O2/c1-11-13-4-7-19(8-5-14(13)18-10-17-11)15(20)12-3-2-6-16-9-12;3-2(4,5)1(6)7/h2-3,6,9-10H,4-5,7-8H2,1H3;(H,6,7). The number of rotatable bonds is 1. The fraction of sp³-hybridized carbons (Fsp3) is 0.353. The molecule has 7 nitrogen and oxygen atoms in total. The van der Waals surface area contributed by atoms with E-state index in [1.807, 2.05) is 11.8 Å². The summed E-state index contributed by atoms with van der Waals surface area (Å²) in [5, 5.41) is 7.12. The van der Waals surface area contributed by atoms with Crippen molar-refractivity contribution in [2.24, 2.45) is 0 Å². The second kappa shape index (κ2) is 8.56. The van der Waals surface area contributed by atoms with Gasteiger partial charge in [0.2, 0.25) is 0 Å². The third kappa shape index (κ3) is 5.47. The van der Waals surface area contributed by atoms with Gasteiger partial charge in [0.25, 0.3) is 5.91 Å². The fourth-order valence-corrected chi connectivity index (χ4v) is 2.56. The van der Waals surface area contributed by atoms with E-state index in [0.29, 0.717) is 18.7 Å². The van der Waals surface area contributed by atoms with Crippen LogP contribution >= 0.6 is 0 Å². The third-order valence-corrected chi connectivity index (χ3v) is 3.94. The predicted molar refractivity (Wildman–Crippen MR) is 88.0 cm³/mol. The van der Waals surface area contributed by atoms with Crippen molar-refractivity contribution in [2.45, 2.75) is 25.9 Å². The van der Waals surface area contributed by atoms with Crippen LogP contribution in [0.3, 0.4) is 0 Å². The fourth-order valence-electron chi connectivity index (χ4n) is 2.56. The molecule has 0 bridgehead atoms. The average Bonchev–Trinajstić information content (AvgIpc) is 2.85. The van der Waals surface area contributed by atoms with Crippen LogP contribution in [0.25, 0.3) is 0 Å². The van der Waals surface area contributed by atoms with E-state index >= 15 is 0 Å². The number of fused-ring (bicyclic) bond motifs is 1. The molecule has 0 saturated carbocycles. The molecule has 2 aromatic rings. The Kier molecular flexibility index (Phi) is 6.43. The molecular weight excluding hydrogens is 365 g/mol. The SMILES string of the molecule is Cc1ncnc2c1CCN(C(=O)c1cccnc1)CC2.O=C(O)C(F)(F)F. The van der Waals surface area contributed by atoms with Gasteiger partial charge in [0.1, 0.15) is 6.33 Å². The van der Waals surface area contributed by atoms with E-state index < -0.39 is 12.1 Å². The molecule has 0 radical (unpaired) electrons. The van der Waals surface area contributed by atoms with E-state index in [9.17, 15) is 18.0 Å². The first-order valence-electron chi connectivity index (χ1n) is 7.99. The molecule has 0 aliphatic carbocycles. The average molecular weight is 382 g/mol. The van der Waals surface area contributed by atoms with Crippen LogP contribution < -0.4 is 0 Å². The second-order valence-corrected chi connectivity index (χ2v) is 5.72. The van der Waals surface area contributed by atoms with Gasteiger partial charge in [-0.05, 0) is 31.0 Å². The molecule has 0 saturated heterocycles. The van der Waals surface area contributed by atoms with Gasteiger partial charge in [0, 0.05) is 43.3 Å². The number of hydrogen-bond donors (Lipinski definition) is 1. The number of aromatic nitrogens is 3. The molecule has 3 rings (SSSR count). The number of alkyl halides is 3. The van der Waals surface area contributed by atoms with Crippen molar-refractivity contribution in [3.8, 4) is 0 Å². The molecule has 0 aromatic carbocycles. The predicted octanol–water partition coefficient (Wildman–Crippen LogP) is 2.05. The van der Waals surface area contributed by atoms with E-state index in [1.54, 1.807) is 30.9 Å². The maximum Gasteiger partial charge on any atom is 0.490 e. The maximum absolute atomic E-state index is 12.4. The van der Waals surface area contributed by atoms with Crippen LogP contribution in [0.5, 0.6) is 0 Å². The first-order chi connectivity index (χ1) is 12.7. The van der Waals surface area contributed by atoms with Gasteiger partial charge in [-0.2, -0.15) is 13.2 Å². The van der Waals surface area contributed by atoms with Crippen molar-refractivity contribution >= 4 is 11.9 Å². The van der Waals surface area contributed by atoms with Crippen molar-refractivity contribution in [3.05, 3.63) is 53.4 Å². The lowest BCUT2D eigenvalue weighted by molar-refractivity contribution is -0.192. The summed E-state index contributed by atoms with van der Waals surface area (Å²) in [4.78, 5) is 35.8. The Morgan fingerprint density at radius 1 is 1.19 bits per heavy atom. The number of pyridine rings is 1. The summed E-state index contributed by atoms with van der Waals surface area (Å²) in [6.07, 6.45) is 1.41. The number of amides is 1. The van der Waals surface area contributed by atoms with Gasteiger partial charge in [-0.3, -0.25) is 9.78 Å². The van der Waals surface area contributed by atoms with Gasteiger partial charge in [0.05, 0.1) is 5.56 Å². The molecule has 10 heteroatoms. The number of carbonyl (C=O) groups excluding carboxylic acids is 1. The van der Waals surface area contributed by atoms with Crippen LogP contribution in [0, 0.1) is 6.92 Å². The molecule has 2 aromatic heterocycles. The summed E-state index contributed by atoms with van der Waals surface area (Å²) in [7, 11) is 0. The molecule has 1 aliphatic heterocycles. The van der Waals surface area contributed by atoms with E-state index in [0.717, 1.165) is 24.2 Å². The minimum atomic E-state index is -5.08. The molecule has 1 N–H and O–H groups in total. The van der Waals surface area contributed by atoms with Crippen molar-refractivity contribution in [1.82, 2.24) is 19.9 Å². The van der Waals surface area contributed by atoms with Crippen molar-refractivity contribution < 1.29 is 27.9 Å². The summed E-state index contributed by atoms with van der Waals surface area (Å²) in [6.45, 7) is 3.39. The zero-order chi connectivity index (χ0) is 20.0. The molecule has 0 unspecified atom stereocenters. The molecule has 0 spiro atoms. The molecule has 3 heterocycles. The minimum absolute atomic E-state index is 0.0384. The highest BCUT2D eigenvalue weighted by molar-refractivity contribution is 5.93. The summed E-state index contributed by atoms with van der Waals surface area (Å²) in [5.41, 5.74) is 3.92. The summed E-state index contributed by atoms with van der Waals surface area (Å²) < 4.78 is 31.7. The van der Waals surface area contributed by atoms with E-state index in [2.05, 4.69) is 15.0 Å². The van der Waals surface area contributed by atoms with Gasteiger partial charge in [-0.1, -0.05) is 0 Å². The molecule has 144 valence electrons. The maximum atomic E-state index is 12.4. The largest absolute Gasteiger partial charge is 0.490 e. The molecular formula is C17H17F3N4O3. The lowest BCUT2D eigenvalue weighted by Gasteiger charge is -2.19. The van der Waals surface area contributed by atoms with Gasteiger partial charge < -0.3 is 10.0 Å². The molecule has 27 heavy (non-hydrogen) atoms. The lowest BCUT2D eigenvalue weighted by atomic mass is 10.1. The topological polar surface area (TPSA) is 96.3 Å². The Morgan fingerprint density at radius 3 is 2.44 bits per heavy atom. The van der Waals surface area contributed by atoms with Crippen LogP contribution in [0.15, 0.2) is 30.9 Å². The number of carboxylic acids is 1. The summed E-state index contributed by atoms with van der Waals surface area (Å²) >= 11 is 0. The van der Waals surface area contributed by atoms with Gasteiger partial charge >= 0.3 is 12.1 Å². The minimum Gasteiger partial charge on any atom is -0.475 e. The van der Waals surface area contributed by atoms with Crippen LogP contribution in [-0.4, -0.2) is 56.1 Å². The Labute approximate surface area is 152 Å². The third-order valence-electron chi connectivity index (χ3n) is 3.94. The highest BCUT2D eigenvalue weighted by Gasteiger charge is 2.38. The lowest BCUT2D eigenvalue weighted by Crippen LogP contribution is -2.33. The zero-order valence-electron chi connectivity index (χ0n) is 14.4. The van der Waals surface area contributed by atoms with Crippen LogP contribution in [0.4, 0.5) is 13.2 Å². The number of carbonyl (C=O) groups is 2. The number of halogens is 3. The first kappa shape index (κ1) is 20.3. The van der Waals surface area contributed by atoms with Crippen LogP contribution in [0.2, 0.25) is 0 Å². The molecule has 1 amide bonds. The number of nitrogens with zero attached hydrogens (tertiary/aromatic N) is 4. The highest BCUT2D eigenvalue weighted by atomic mass is 19.4.